The summed E-state index contributed by atoms with van der Waals surface area (Å²) in [6, 6.07) is 14.4. The SMILES string of the molecule is CN=C(NCc1ccc(C)cc1OCC1CCCO1)NCc1nc2ccccc2n1C. The van der Waals surface area contributed by atoms with Crippen LogP contribution in [0.15, 0.2) is 47.5 Å². The number of fused-ring (bicyclic) bond motifs is 1. The Morgan fingerprint density at radius 3 is 2.84 bits per heavy atom. The first-order valence-corrected chi connectivity index (χ1v) is 10.8. The van der Waals surface area contributed by atoms with Gasteiger partial charge in [0, 0.05) is 32.8 Å². The van der Waals surface area contributed by atoms with Gasteiger partial charge in [0.05, 0.1) is 23.7 Å². The van der Waals surface area contributed by atoms with Gasteiger partial charge in [0.2, 0.25) is 0 Å². The lowest BCUT2D eigenvalue weighted by Crippen LogP contribution is -2.37. The number of aliphatic imine (C=N–C) groups is 1. The molecule has 7 heteroatoms. The maximum atomic E-state index is 6.11. The van der Waals surface area contributed by atoms with Gasteiger partial charge < -0.3 is 24.7 Å². The van der Waals surface area contributed by atoms with Crippen molar-refractivity contribution < 1.29 is 9.47 Å². The van der Waals surface area contributed by atoms with Crippen LogP contribution in [0, 0.1) is 6.92 Å². The van der Waals surface area contributed by atoms with Crippen molar-refractivity contribution in [2.24, 2.45) is 12.0 Å². The van der Waals surface area contributed by atoms with Crippen LogP contribution in [0.2, 0.25) is 0 Å². The van der Waals surface area contributed by atoms with Gasteiger partial charge in [-0.2, -0.15) is 0 Å². The summed E-state index contributed by atoms with van der Waals surface area (Å²) in [5.74, 6) is 2.58. The molecule has 0 aliphatic carbocycles. The molecule has 1 unspecified atom stereocenters. The fourth-order valence-corrected chi connectivity index (χ4v) is 3.82. The number of nitrogens with one attached hydrogen (secondary N) is 2. The molecule has 0 spiro atoms. The van der Waals surface area contributed by atoms with Gasteiger partial charge in [-0.3, -0.25) is 4.99 Å². The highest BCUT2D eigenvalue weighted by Crippen LogP contribution is 2.22. The van der Waals surface area contributed by atoms with Crippen molar-refractivity contribution in [3.8, 4) is 5.75 Å². The molecule has 7 nitrogen and oxygen atoms in total. The standard InChI is InChI=1S/C24H31N5O2/c1-17-10-11-18(22(13-17)31-16-19-7-6-12-30-19)14-26-24(25-2)27-15-23-28-20-8-4-5-9-21(20)29(23)3/h4-5,8-11,13,19H,6-7,12,14-16H2,1-3H3,(H2,25,26,27). The van der Waals surface area contributed by atoms with Gasteiger partial charge in [-0.1, -0.05) is 24.3 Å². The van der Waals surface area contributed by atoms with Gasteiger partial charge in [-0.25, -0.2) is 4.98 Å². The van der Waals surface area contributed by atoms with E-state index in [2.05, 4.69) is 51.4 Å². The van der Waals surface area contributed by atoms with Crippen molar-refractivity contribution in [1.29, 1.82) is 0 Å². The predicted molar refractivity (Wildman–Crippen MR) is 123 cm³/mol. The van der Waals surface area contributed by atoms with E-state index in [-0.39, 0.29) is 6.10 Å². The highest BCUT2D eigenvalue weighted by Gasteiger charge is 2.17. The van der Waals surface area contributed by atoms with Crippen LogP contribution in [0.1, 0.15) is 29.8 Å². The Hall–Kier alpha value is -3.06. The van der Waals surface area contributed by atoms with Crippen LogP contribution in [0.5, 0.6) is 5.75 Å². The summed E-state index contributed by atoms with van der Waals surface area (Å²) in [5, 5.41) is 6.75. The van der Waals surface area contributed by atoms with Crippen molar-refractivity contribution in [2.75, 3.05) is 20.3 Å². The Morgan fingerprint density at radius 2 is 2.06 bits per heavy atom. The largest absolute Gasteiger partial charge is 0.491 e. The molecule has 1 fully saturated rings. The van der Waals surface area contributed by atoms with E-state index in [4.69, 9.17) is 14.5 Å². The maximum Gasteiger partial charge on any atom is 0.191 e. The number of para-hydroxylation sites is 2. The van der Waals surface area contributed by atoms with E-state index in [1.807, 2.05) is 25.2 Å². The maximum absolute atomic E-state index is 6.11. The molecule has 0 amide bonds. The number of hydrogen-bond donors (Lipinski definition) is 2. The number of aromatic nitrogens is 2. The lowest BCUT2D eigenvalue weighted by atomic mass is 10.1. The summed E-state index contributed by atoms with van der Waals surface area (Å²) in [6.07, 6.45) is 2.38. The van der Waals surface area contributed by atoms with Crippen molar-refractivity contribution >= 4 is 17.0 Å². The number of imidazole rings is 1. The van der Waals surface area contributed by atoms with Crippen molar-refractivity contribution in [3.63, 3.8) is 0 Å². The fraction of sp³-hybridized carbons (Fsp3) is 0.417. The third-order valence-electron chi connectivity index (χ3n) is 5.63. The van der Waals surface area contributed by atoms with Gasteiger partial charge in [0.1, 0.15) is 18.2 Å². The molecule has 0 radical (unpaired) electrons. The van der Waals surface area contributed by atoms with Crippen molar-refractivity contribution in [1.82, 2.24) is 20.2 Å². The van der Waals surface area contributed by atoms with Crippen LogP contribution in [0.4, 0.5) is 0 Å². The highest BCUT2D eigenvalue weighted by atomic mass is 16.5. The van der Waals surface area contributed by atoms with Crippen LogP contribution < -0.4 is 15.4 Å². The number of rotatable bonds is 7. The lowest BCUT2D eigenvalue weighted by molar-refractivity contribution is 0.0676. The Labute approximate surface area is 183 Å². The second-order valence-electron chi connectivity index (χ2n) is 7.91. The summed E-state index contributed by atoms with van der Waals surface area (Å²) < 4.78 is 13.9. The number of hydrogen-bond acceptors (Lipinski definition) is 4. The molecule has 1 atom stereocenters. The van der Waals surface area contributed by atoms with Crippen molar-refractivity contribution in [3.05, 3.63) is 59.4 Å². The first-order chi connectivity index (χ1) is 15.1. The second kappa shape index (κ2) is 9.83. The number of ether oxygens (including phenoxy) is 2. The molecule has 1 saturated heterocycles. The van der Waals surface area contributed by atoms with Gasteiger partial charge >= 0.3 is 0 Å². The lowest BCUT2D eigenvalue weighted by Gasteiger charge is -2.17. The van der Waals surface area contributed by atoms with E-state index in [0.717, 1.165) is 53.6 Å². The molecule has 1 aliphatic heterocycles. The summed E-state index contributed by atoms with van der Waals surface area (Å²) in [5.41, 5.74) is 4.39. The number of nitrogens with zero attached hydrogens (tertiary/aromatic N) is 3. The molecule has 1 aliphatic rings. The summed E-state index contributed by atoms with van der Waals surface area (Å²) in [7, 11) is 3.81. The Balaban J connectivity index is 1.36. The summed E-state index contributed by atoms with van der Waals surface area (Å²) >= 11 is 0. The smallest absolute Gasteiger partial charge is 0.191 e. The molecule has 31 heavy (non-hydrogen) atoms. The minimum absolute atomic E-state index is 0.198. The zero-order chi connectivity index (χ0) is 21.6. The highest BCUT2D eigenvalue weighted by molar-refractivity contribution is 5.80. The third-order valence-corrected chi connectivity index (χ3v) is 5.63. The molecule has 2 heterocycles. The molecule has 1 aromatic heterocycles. The number of benzene rings is 2. The van der Waals surface area contributed by atoms with E-state index < -0.39 is 0 Å². The van der Waals surface area contributed by atoms with E-state index in [1.165, 1.54) is 5.56 Å². The first kappa shape index (κ1) is 21.2. The Morgan fingerprint density at radius 1 is 1.23 bits per heavy atom. The van der Waals surface area contributed by atoms with Crippen molar-refractivity contribution in [2.45, 2.75) is 39.0 Å². The van der Waals surface area contributed by atoms with Crippen LogP contribution in [0.25, 0.3) is 11.0 Å². The second-order valence-corrected chi connectivity index (χ2v) is 7.91. The molecule has 2 aromatic carbocycles. The summed E-state index contributed by atoms with van der Waals surface area (Å²) in [4.78, 5) is 9.06. The van der Waals surface area contributed by atoms with Gasteiger partial charge in [-0.05, 0) is 43.5 Å². The quantitative estimate of drug-likeness (QED) is 0.452. The van der Waals surface area contributed by atoms with E-state index in [1.54, 1.807) is 7.05 Å². The third kappa shape index (κ3) is 5.17. The molecule has 164 valence electrons. The average Bonchev–Trinajstić information content (AvgIpc) is 3.42. The van der Waals surface area contributed by atoms with Crippen LogP contribution >= 0.6 is 0 Å². The van der Waals surface area contributed by atoms with E-state index in [9.17, 15) is 0 Å². The normalized spacial score (nSPS) is 16.6. The molecule has 3 aromatic rings. The zero-order valence-corrected chi connectivity index (χ0v) is 18.5. The monoisotopic (exact) mass is 421 g/mol. The molecular formula is C24H31N5O2. The average molecular weight is 422 g/mol. The molecule has 2 N–H and O–H groups in total. The molecular weight excluding hydrogens is 390 g/mol. The number of guanidine groups is 1. The molecule has 0 saturated carbocycles. The van der Waals surface area contributed by atoms with Crippen LogP contribution in [0.3, 0.4) is 0 Å². The minimum Gasteiger partial charge on any atom is -0.491 e. The molecule has 4 rings (SSSR count). The molecule has 0 bridgehead atoms. The zero-order valence-electron chi connectivity index (χ0n) is 18.5. The minimum atomic E-state index is 0.198. The first-order valence-electron chi connectivity index (χ1n) is 10.8. The van der Waals surface area contributed by atoms with Crippen LogP contribution in [-0.2, 0) is 24.9 Å². The van der Waals surface area contributed by atoms with E-state index >= 15 is 0 Å². The van der Waals surface area contributed by atoms with E-state index in [0.29, 0.717) is 19.7 Å². The Bertz CT molecular complexity index is 1050. The topological polar surface area (TPSA) is 72.7 Å². The van der Waals surface area contributed by atoms with Gasteiger partial charge in [0.15, 0.2) is 5.96 Å². The Kier molecular flexibility index (Phi) is 6.72. The number of aryl methyl sites for hydroxylation is 2. The van der Waals surface area contributed by atoms with Crippen LogP contribution in [-0.4, -0.2) is 41.9 Å². The predicted octanol–water partition coefficient (Wildman–Crippen LogP) is 3.30. The van der Waals surface area contributed by atoms with Gasteiger partial charge in [0.25, 0.3) is 0 Å². The van der Waals surface area contributed by atoms with Gasteiger partial charge in [-0.15, -0.1) is 0 Å². The fourth-order valence-electron chi connectivity index (χ4n) is 3.82. The summed E-state index contributed by atoms with van der Waals surface area (Å²) in [6.45, 7) is 4.71.